The number of rotatable bonds is 9. The van der Waals surface area contributed by atoms with Crippen LogP contribution in [0.25, 0.3) is 6.08 Å². The van der Waals surface area contributed by atoms with Crippen LogP contribution in [0.4, 0.5) is 0 Å². The lowest BCUT2D eigenvalue weighted by Crippen LogP contribution is -2.32. The van der Waals surface area contributed by atoms with Crippen LogP contribution in [0.1, 0.15) is 25.8 Å². The molecule has 1 heterocycles. The van der Waals surface area contributed by atoms with Crippen LogP contribution in [-0.2, 0) is 9.53 Å². The lowest BCUT2D eigenvalue weighted by Gasteiger charge is -2.13. The average Bonchev–Trinajstić information content (AvgIpc) is 2.87. The van der Waals surface area contributed by atoms with Gasteiger partial charge >= 0.3 is 0 Å². The minimum atomic E-state index is -0.143. The van der Waals surface area contributed by atoms with E-state index in [-0.39, 0.29) is 5.91 Å². The Kier molecular flexibility index (Phi) is 7.86. The number of benzene rings is 1. The topological polar surface area (TPSA) is 60.0 Å². The monoisotopic (exact) mass is 442 g/mol. The molecule has 6 nitrogen and oxygen atoms in total. The first-order valence-corrected chi connectivity index (χ1v) is 9.64. The summed E-state index contributed by atoms with van der Waals surface area (Å²) >= 11 is 8.76. The van der Waals surface area contributed by atoms with Crippen molar-refractivity contribution >= 4 is 45.2 Å². The third-order valence-corrected chi connectivity index (χ3v) is 4.60. The molecule has 2 rings (SSSR count). The number of carbonyl (C=O) groups excluding carboxylic acids is 1. The first-order valence-electron chi connectivity index (χ1n) is 8.44. The smallest absolute Gasteiger partial charge is 0.276 e. The zero-order chi connectivity index (χ0) is 19.1. The highest BCUT2D eigenvalue weighted by Crippen LogP contribution is 2.37. The maximum absolute atomic E-state index is 12.6. The fraction of sp³-hybridized carbons (Fsp3) is 0.444. The summed E-state index contributed by atoms with van der Waals surface area (Å²) in [5, 5.41) is 3.39. The van der Waals surface area contributed by atoms with Gasteiger partial charge in [-0.15, -0.1) is 0 Å². The van der Waals surface area contributed by atoms with E-state index in [2.05, 4.69) is 21.2 Å². The van der Waals surface area contributed by atoms with Crippen LogP contribution < -0.4 is 14.8 Å². The summed E-state index contributed by atoms with van der Waals surface area (Å²) in [6.45, 7) is 6.17. The highest BCUT2D eigenvalue weighted by Gasteiger charge is 2.30. The molecule has 142 valence electrons. The summed E-state index contributed by atoms with van der Waals surface area (Å²) in [5.41, 5.74) is 1.23. The van der Waals surface area contributed by atoms with Gasteiger partial charge in [0, 0.05) is 19.8 Å². The Bertz CT molecular complexity index is 709. The summed E-state index contributed by atoms with van der Waals surface area (Å²) in [4.78, 5) is 14.1. The first-order chi connectivity index (χ1) is 12.5. The molecule has 1 aliphatic rings. The Morgan fingerprint density at radius 3 is 2.73 bits per heavy atom. The molecule has 0 saturated carbocycles. The van der Waals surface area contributed by atoms with Crippen LogP contribution in [0, 0.1) is 0 Å². The molecule has 1 N–H and O–H groups in total. The predicted molar refractivity (Wildman–Crippen MR) is 108 cm³/mol. The molecule has 0 aliphatic carbocycles. The fourth-order valence-electron chi connectivity index (χ4n) is 2.52. The molecule has 0 unspecified atom stereocenters. The van der Waals surface area contributed by atoms with Crippen molar-refractivity contribution in [3.63, 3.8) is 0 Å². The summed E-state index contributed by atoms with van der Waals surface area (Å²) < 4.78 is 17.0. The summed E-state index contributed by atoms with van der Waals surface area (Å²) in [5.74, 6) is 1.08. The van der Waals surface area contributed by atoms with Gasteiger partial charge in [-0.05, 0) is 72.2 Å². The normalized spacial score (nSPS) is 15.5. The SMILES string of the molecule is CCOCCCN1C(=O)/C(=C\c2cc(Br)c(OCC)c(OC)c2)NC1=S. The molecule has 1 aliphatic heterocycles. The quantitative estimate of drug-likeness (QED) is 0.359. The van der Waals surface area contributed by atoms with Crippen molar-refractivity contribution in [2.24, 2.45) is 0 Å². The first kappa shape index (κ1) is 20.7. The van der Waals surface area contributed by atoms with Crippen molar-refractivity contribution in [3.8, 4) is 11.5 Å². The van der Waals surface area contributed by atoms with Crippen LogP contribution in [0.15, 0.2) is 22.3 Å². The largest absolute Gasteiger partial charge is 0.493 e. The molecule has 1 amide bonds. The molecule has 0 radical (unpaired) electrons. The molecule has 8 heteroatoms. The van der Waals surface area contributed by atoms with Crippen molar-refractivity contribution in [2.75, 3.05) is 33.5 Å². The average molecular weight is 443 g/mol. The van der Waals surface area contributed by atoms with Crippen LogP contribution in [0.3, 0.4) is 0 Å². The third kappa shape index (κ3) is 4.96. The Morgan fingerprint density at radius 2 is 2.08 bits per heavy atom. The van der Waals surface area contributed by atoms with E-state index in [0.29, 0.717) is 48.7 Å². The number of hydrogen-bond donors (Lipinski definition) is 1. The van der Waals surface area contributed by atoms with Gasteiger partial charge in [0.2, 0.25) is 0 Å². The second kappa shape index (κ2) is 9.89. The van der Waals surface area contributed by atoms with E-state index >= 15 is 0 Å². The molecular weight excluding hydrogens is 420 g/mol. The van der Waals surface area contributed by atoms with Gasteiger partial charge in [-0.1, -0.05) is 0 Å². The maximum Gasteiger partial charge on any atom is 0.276 e. The Labute approximate surface area is 167 Å². The van der Waals surface area contributed by atoms with E-state index in [0.717, 1.165) is 16.5 Å². The third-order valence-electron chi connectivity index (χ3n) is 3.69. The van der Waals surface area contributed by atoms with Crippen molar-refractivity contribution in [3.05, 3.63) is 27.9 Å². The van der Waals surface area contributed by atoms with Crippen molar-refractivity contribution in [1.82, 2.24) is 10.2 Å². The molecule has 0 spiro atoms. The molecule has 1 aromatic carbocycles. The summed E-state index contributed by atoms with van der Waals surface area (Å²) in [7, 11) is 1.58. The summed E-state index contributed by atoms with van der Waals surface area (Å²) in [6.07, 6.45) is 2.48. The lowest BCUT2D eigenvalue weighted by molar-refractivity contribution is -0.122. The molecule has 0 bridgehead atoms. The van der Waals surface area contributed by atoms with E-state index in [4.69, 9.17) is 26.4 Å². The number of nitrogens with one attached hydrogen (secondary N) is 1. The molecular formula is C18H23BrN2O4S. The number of nitrogens with zero attached hydrogens (tertiary/aromatic N) is 1. The minimum Gasteiger partial charge on any atom is -0.493 e. The molecule has 1 fully saturated rings. The van der Waals surface area contributed by atoms with E-state index in [9.17, 15) is 4.79 Å². The number of hydrogen-bond acceptors (Lipinski definition) is 5. The van der Waals surface area contributed by atoms with Gasteiger partial charge in [0.1, 0.15) is 5.70 Å². The van der Waals surface area contributed by atoms with Crippen molar-refractivity contribution in [2.45, 2.75) is 20.3 Å². The Hall–Kier alpha value is -1.64. The van der Waals surface area contributed by atoms with Crippen molar-refractivity contribution in [1.29, 1.82) is 0 Å². The van der Waals surface area contributed by atoms with Crippen LogP contribution >= 0.6 is 28.1 Å². The second-order valence-corrected chi connectivity index (χ2v) is 6.70. The molecule has 0 aromatic heterocycles. The molecule has 1 aromatic rings. The zero-order valence-corrected chi connectivity index (χ0v) is 17.5. The predicted octanol–water partition coefficient (Wildman–Crippen LogP) is 3.34. The van der Waals surface area contributed by atoms with E-state index < -0.39 is 0 Å². The van der Waals surface area contributed by atoms with Crippen LogP contribution in [-0.4, -0.2) is 49.4 Å². The highest BCUT2D eigenvalue weighted by atomic mass is 79.9. The summed E-state index contributed by atoms with van der Waals surface area (Å²) in [6, 6.07) is 3.69. The molecule has 1 saturated heterocycles. The highest BCUT2D eigenvalue weighted by molar-refractivity contribution is 9.10. The zero-order valence-electron chi connectivity index (χ0n) is 15.1. The van der Waals surface area contributed by atoms with Gasteiger partial charge in [0.25, 0.3) is 5.91 Å². The van der Waals surface area contributed by atoms with E-state index in [1.807, 2.05) is 26.0 Å². The van der Waals surface area contributed by atoms with Gasteiger partial charge in [-0.2, -0.15) is 0 Å². The Balaban J connectivity index is 2.18. The van der Waals surface area contributed by atoms with Crippen molar-refractivity contribution < 1.29 is 19.0 Å². The minimum absolute atomic E-state index is 0.143. The van der Waals surface area contributed by atoms with Gasteiger partial charge in [0.05, 0.1) is 18.2 Å². The van der Waals surface area contributed by atoms with E-state index in [1.54, 1.807) is 18.1 Å². The second-order valence-electron chi connectivity index (χ2n) is 5.46. The van der Waals surface area contributed by atoms with Crippen LogP contribution in [0.5, 0.6) is 11.5 Å². The fourth-order valence-corrected chi connectivity index (χ4v) is 3.38. The van der Waals surface area contributed by atoms with Gasteiger partial charge in [-0.25, -0.2) is 0 Å². The van der Waals surface area contributed by atoms with Crippen LogP contribution in [0.2, 0.25) is 0 Å². The molecule has 0 atom stereocenters. The Morgan fingerprint density at radius 1 is 1.31 bits per heavy atom. The molecule has 26 heavy (non-hydrogen) atoms. The number of amides is 1. The van der Waals surface area contributed by atoms with Gasteiger partial charge < -0.3 is 19.5 Å². The number of halogens is 1. The number of carbonyl (C=O) groups is 1. The lowest BCUT2D eigenvalue weighted by atomic mass is 10.1. The van der Waals surface area contributed by atoms with Gasteiger partial charge in [0.15, 0.2) is 16.6 Å². The number of ether oxygens (including phenoxy) is 3. The standard InChI is InChI=1S/C18H23BrN2O4S/c1-4-24-8-6-7-21-17(22)14(20-18(21)26)10-12-9-13(19)16(25-5-2)15(11-12)23-3/h9-11H,4-8H2,1-3H3,(H,20,26)/b14-10+. The maximum atomic E-state index is 12.6. The van der Waals surface area contributed by atoms with Gasteiger partial charge in [-0.3, -0.25) is 9.69 Å². The van der Waals surface area contributed by atoms with E-state index in [1.165, 1.54) is 0 Å². The number of methoxy groups -OCH3 is 1. The number of thiocarbonyl (C=S) groups is 1.